The van der Waals surface area contributed by atoms with E-state index >= 15 is 0 Å². The second-order valence-electron chi connectivity index (χ2n) is 7.91. The Hall–Kier alpha value is -2.83. The average molecular weight is 399 g/mol. The maximum atomic E-state index is 13.4. The first-order chi connectivity index (χ1) is 14.0. The van der Waals surface area contributed by atoms with Crippen molar-refractivity contribution in [3.63, 3.8) is 0 Å². The molecular weight excluding hydrogens is 370 g/mol. The summed E-state index contributed by atoms with van der Waals surface area (Å²) >= 11 is 0. The normalized spacial score (nSPS) is 16.8. The third kappa shape index (κ3) is 5.37. The van der Waals surface area contributed by atoms with E-state index in [0.29, 0.717) is 31.2 Å². The van der Waals surface area contributed by atoms with Crippen LogP contribution in [0.25, 0.3) is 5.69 Å². The Morgan fingerprint density at radius 3 is 2.69 bits per heavy atom. The van der Waals surface area contributed by atoms with E-state index < -0.39 is 5.97 Å². The van der Waals surface area contributed by atoms with Gasteiger partial charge in [-0.05, 0) is 43.7 Å². The number of carbonyl (C=O) groups is 2. The van der Waals surface area contributed by atoms with Crippen LogP contribution in [-0.2, 0) is 4.79 Å². The molecule has 1 aliphatic rings. The first kappa shape index (κ1) is 20.9. The largest absolute Gasteiger partial charge is 0.489 e. The summed E-state index contributed by atoms with van der Waals surface area (Å²) in [6.07, 6.45) is 5.01. The molecule has 29 heavy (non-hydrogen) atoms. The molecule has 1 atom stereocenters. The van der Waals surface area contributed by atoms with Crippen molar-refractivity contribution in [2.75, 3.05) is 13.2 Å². The molecule has 156 valence electrons. The number of benzene rings is 1. The highest BCUT2D eigenvalue weighted by atomic mass is 16.5. The molecule has 0 aliphatic carbocycles. The summed E-state index contributed by atoms with van der Waals surface area (Å²) in [6.45, 7) is 5.21. The smallest absolute Gasteiger partial charge is 0.303 e. The van der Waals surface area contributed by atoms with E-state index in [1.54, 1.807) is 15.8 Å². The minimum absolute atomic E-state index is 0.0591. The van der Waals surface area contributed by atoms with Gasteiger partial charge in [0.05, 0.1) is 18.5 Å². The van der Waals surface area contributed by atoms with Gasteiger partial charge >= 0.3 is 5.97 Å². The van der Waals surface area contributed by atoms with Crippen molar-refractivity contribution in [3.05, 3.63) is 42.2 Å². The lowest BCUT2D eigenvalue weighted by Crippen LogP contribution is -2.44. The maximum absolute atomic E-state index is 13.4. The summed E-state index contributed by atoms with van der Waals surface area (Å²) in [4.78, 5) is 26.2. The highest BCUT2D eigenvalue weighted by Crippen LogP contribution is 2.27. The van der Waals surface area contributed by atoms with E-state index in [9.17, 15) is 9.59 Å². The zero-order valence-corrected chi connectivity index (χ0v) is 17.1. The average Bonchev–Trinajstić information content (AvgIpc) is 3.15. The van der Waals surface area contributed by atoms with E-state index in [1.807, 2.05) is 30.3 Å². The van der Waals surface area contributed by atoms with Gasteiger partial charge in [-0.15, -0.1) is 0 Å². The molecule has 1 saturated heterocycles. The van der Waals surface area contributed by atoms with E-state index in [4.69, 9.17) is 9.84 Å². The van der Waals surface area contributed by atoms with Crippen LogP contribution in [0.15, 0.2) is 36.5 Å². The molecule has 1 aromatic carbocycles. The quantitative estimate of drug-likeness (QED) is 0.730. The van der Waals surface area contributed by atoms with Gasteiger partial charge in [-0.1, -0.05) is 32.0 Å². The lowest BCUT2D eigenvalue weighted by atomic mass is 9.97. The van der Waals surface area contributed by atoms with Crippen LogP contribution in [0.5, 0.6) is 5.75 Å². The van der Waals surface area contributed by atoms with Crippen molar-refractivity contribution in [1.82, 2.24) is 14.7 Å². The Balaban J connectivity index is 1.88. The number of amides is 1. The summed E-state index contributed by atoms with van der Waals surface area (Å²) < 4.78 is 7.59. The molecule has 0 spiro atoms. The number of para-hydroxylation sites is 1. The highest BCUT2D eigenvalue weighted by Gasteiger charge is 2.31. The summed E-state index contributed by atoms with van der Waals surface area (Å²) in [5, 5.41) is 13.6. The van der Waals surface area contributed by atoms with Gasteiger partial charge in [0.2, 0.25) is 0 Å². The number of carboxylic acid groups (broad SMARTS) is 1. The first-order valence-electron chi connectivity index (χ1n) is 10.3. The van der Waals surface area contributed by atoms with Gasteiger partial charge in [-0.25, -0.2) is 4.68 Å². The second kappa shape index (κ2) is 9.58. The lowest BCUT2D eigenvalue weighted by molar-refractivity contribution is -0.137. The number of piperidine rings is 1. The molecule has 0 radical (unpaired) electrons. The molecule has 1 unspecified atom stereocenters. The van der Waals surface area contributed by atoms with Crippen molar-refractivity contribution < 1.29 is 19.4 Å². The molecule has 1 amide bonds. The third-order valence-corrected chi connectivity index (χ3v) is 5.06. The molecule has 0 bridgehead atoms. The molecule has 1 N–H and O–H groups in total. The van der Waals surface area contributed by atoms with Gasteiger partial charge in [0, 0.05) is 19.0 Å². The molecule has 1 aromatic heterocycles. The Morgan fingerprint density at radius 2 is 2.00 bits per heavy atom. The molecule has 0 saturated carbocycles. The minimum atomic E-state index is -0.836. The van der Waals surface area contributed by atoms with Crippen molar-refractivity contribution in [3.8, 4) is 11.4 Å². The van der Waals surface area contributed by atoms with Crippen LogP contribution in [0.1, 0.15) is 56.4 Å². The van der Waals surface area contributed by atoms with Crippen LogP contribution in [-0.4, -0.2) is 50.9 Å². The van der Waals surface area contributed by atoms with Gasteiger partial charge < -0.3 is 14.7 Å². The zero-order chi connectivity index (χ0) is 20.8. The number of rotatable bonds is 8. The fraction of sp³-hybridized carbons (Fsp3) is 0.500. The van der Waals surface area contributed by atoms with Crippen molar-refractivity contribution >= 4 is 11.9 Å². The van der Waals surface area contributed by atoms with Crippen LogP contribution < -0.4 is 4.74 Å². The molecule has 1 aliphatic heterocycles. The Kier molecular flexibility index (Phi) is 6.90. The fourth-order valence-corrected chi connectivity index (χ4v) is 3.58. The maximum Gasteiger partial charge on any atom is 0.303 e. The van der Waals surface area contributed by atoms with Crippen molar-refractivity contribution in [2.24, 2.45) is 5.92 Å². The number of hydrogen-bond acceptors (Lipinski definition) is 4. The topological polar surface area (TPSA) is 84.7 Å². The van der Waals surface area contributed by atoms with Crippen molar-refractivity contribution in [2.45, 2.75) is 52.0 Å². The first-order valence-corrected chi connectivity index (χ1v) is 10.3. The number of aromatic nitrogens is 2. The van der Waals surface area contributed by atoms with Gasteiger partial charge in [0.1, 0.15) is 0 Å². The number of nitrogens with zero attached hydrogens (tertiary/aromatic N) is 3. The van der Waals surface area contributed by atoms with Gasteiger partial charge in [0.15, 0.2) is 11.4 Å². The molecule has 3 rings (SSSR count). The minimum Gasteiger partial charge on any atom is -0.489 e. The fourth-order valence-electron chi connectivity index (χ4n) is 3.58. The summed E-state index contributed by atoms with van der Waals surface area (Å²) in [6, 6.07) is 9.52. The number of likely N-dealkylation sites (tertiary alicyclic amines) is 1. The molecule has 7 heteroatoms. The summed E-state index contributed by atoms with van der Waals surface area (Å²) in [7, 11) is 0. The third-order valence-electron chi connectivity index (χ3n) is 5.06. The van der Waals surface area contributed by atoms with E-state index in [1.165, 1.54) is 0 Å². The number of carbonyl (C=O) groups excluding carboxylic acids is 1. The monoisotopic (exact) mass is 399 g/mol. The summed E-state index contributed by atoms with van der Waals surface area (Å²) in [5.41, 5.74) is 1.14. The number of carboxylic acids is 1. The summed E-state index contributed by atoms with van der Waals surface area (Å²) in [5.74, 6) is -0.239. The zero-order valence-electron chi connectivity index (χ0n) is 17.1. The lowest BCUT2D eigenvalue weighted by Gasteiger charge is -2.35. The molecule has 1 fully saturated rings. The predicted octanol–water partition coefficient (Wildman–Crippen LogP) is 3.77. The van der Waals surface area contributed by atoms with Gasteiger partial charge in [0.25, 0.3) is 5.91 Å². The number of hydrogen-bond donors (Lipinski definition) is 1. The predicted molar refractivity (Wildman–Crippen MR) is 109 cm³/mol. The van der Waals surface area contributed by atoms with Crippen LogP contribution >= 0.6 is 0 Å². The molecule has 2 aromatic rings. The number of ether oxygens (including phenoxy) is 1. The van der Waals surface area contributed by atoms with Gasteiger partial charge in [-0.2, -0.15) is 5.10 Å². The van der Waals surface area contributed by atoms with Crippen LogP contribution in [0.4, 0.5) is 0 Å². The van der Waals surface area contributed by atoms with E-state index in [0.717, 1.165) is 24.9 Å². The van der Waals surface area contributed by atoms with E-state index in [-0.39, 0.29) is 24.1 Å². The molecule has 7 nitrogen and oxygen atoms in total. The van der Waals surface area contributed by atoms with E-state index in [2.05, 4.69) is 18.9 Å². The standard InChI is InChI=1S/C22H29N3O4/c1-16(2)15-29-19-14-25(18-9-4-3-5-10-18)23-21(19)22(28)24-13-7-6-8-17(24)11-12-20(26)27/h3-5,9-10,14,16-17H,6-8,11-13,15H2,1-2H3,(H,26,27). The number of aliphatic carboxylic acids is 1. The van der Waals surface area contributed by atoms with Crippen LogP contribution in [0, 0.1) is 5.92 Å². The SMILES string of the molecule is CC(C)COc1cn(-c2ccccc2)nc1C(=O)N1CCCCC1CCC(=O)O. The Morgan fingerprint density at radius 1 is 1.24 bits per heavy atom. The van der Waals surface area contributed by atoms with Crippen LogP contribution in [0.3, 0.4) is 0 Å². The van der Waals surface area contributed by atoms with Gasteiger partial charge in [-0.3, -0.25) is 9.59 Å². The second-order valence-corrected chi connectivity index (χ2v) is 7.91. The van der Waals surface area contributed by atoms with Crippen LogP contribution in [0.2, 0.25) is 0 Å². The van der Waals surface area contributed by atoms with Crippen molar-refractivity contribution in [1.29, 1.82) is 0 Å². The molecule has 2 heterocycles. The Labute approximate surface area is 171 Å². The Bertz CT molecular complexity index is 832. The highest BCUT2D eigenvalue weighted by molar-refractivity contribution is 5.95. The molecular formula is C22H29N3O4.